The Morgan fingerprint density at radius 1 is 1.23 bits per heavy atom. The van der Waals surface area contributed by atoms with Crippen LogP contribution in [0.5, 0.6) is 0 Å². The van der Waals surface area contributed by atoms with Crippen molar-refractivity contribution in [1.82, 2.24) is 25.1 Å². The Morgan fingerprint density at radius 2 is 2.03 bits per heavy atom. The second-order valence-electron chi connectivity index (χ2n) is 9.31. The number of nitrogens with zero attached hydrogens (tertiary/aromatic N) is 4. The number of hydrogen-bond acceptors (Lipinski definition) is 5. The number of nitrogens with one attached hydrogen (secondary N) is 1. The number of aromatic amines is 1. The van der Waals surface area contributed by atoms with Gasteiger partial charge in [0.25, 0.3) is 5.91 Å². The van der Waals surface area contributed by atoms with Crippen molar-refractivity contribution in [3.05, 3.63) is 64.3 Å². The monoisotopic (exact) mass is 500 g/mol. The number of hydrogen-bond donors (Lipinski definition) is 2. The van der Waals surface area contributed by atoms with Crippen LogP contribution < -0.4 is 5.73 Å². The fraction of sp³-hybridized carbons (Fsp3) is 0.375. The van der Waals surface area contributed by atoms with Crippen molar-refractivity contribution in [3.63, 3.8) is 0 Å². The minimum Gasteiger partial charge on any atom is -0.369 e. The molecule has 1 aliphatic heterocycles. The van der Waals surface area contributed by atoms with Gasteiger partial charge in [0.2, 0.25) is 5.91 Å². The summed E-state index contributed by atoms with van der Waals surface area (Å²) in [7, 11) is 0. The predicted molar refractivity (Wildman–Crippen MR) is 123 cm³/mol. The zero-order chi connectivity index (χ0) is 24.9. The lowest BCUT2D eigenvalue weighted by Crippen LogP contribution is -2.51. The highest BCUT2D eigenvalue weighted by Crippen LogP contribution is 2.57. The van der Waals surface area contributed by atoms with Crippen molar-refractivity contribution >= 4 is 23.4 Å². The molecule has 3 N–H and O–H groups in total. The van der Waals surface area contributed by atoms with E-state index in [-0.39, 0.29) is 34.0 Å². The molecule has 3 aromatic heterocycles. The van der Waals surface area contributed by atoms with Crippen LogP contribution >= 0.6 is 11.6 Å². The third-order valence-corrected chi connectivity index (χ3v) is 7.41. The van der Waals surface area contributed by atoms with Crippen LogP contribution in [0.2, 0.25) is 5.02 Å². The number of piperidine rings is 1. The highest BCUT2D eigenvalue weighted by molar-refractivity contribution is 6.31. The van der Waals surface area contributed by atoms with E-state index in [2.05, 4.69) is 20.2 Å². The van der Waals surface area contributed by atoms with Gasteiger partial charge in [-0.05, 0) is 56.7 Å². The van der Waals surface area contributed by atoms with Gasteiger partial charge in [-0.15, -0.1) is 0 Å². The van der Waals surface area contributed by atoms with Crippen molar-refractivity contribution in [1.29, 1.82) is 0 Å². The summed E-state index contributed by atoms with van der Waals surface area (Å²) in [5.41, 5.74) is 6.93. The number of likely N-dealkylation sites (tertiary alicyclic amines) is 1. The predicted octanol–water partition coefficient (Wildman–Crippen LogP) is 3.45. The number of primary amides is 1. The molecule has 1 aliphatic carbocycles. The Bertz CT molecular complexity index is 1330. The molecule has 0 aromatic carbocycles. The largest absolute Gasteiger partial charge is 0.369 e. The molecule has 0 radical (unpaired) electrons. The van der Waals surface area contributed by atoms with Crippen LogP contribution in [0.3, 0.4) is 0 Å². The number of H-pyrrole nitrogens is 1. The van der Waals surface area contributed by atoms with E-state index in [1.807, 2.05) is 0 Å². The fourth-order valence-electron chi connectivity index (χ4n) is 5.18. The number of carbonyl (C=O) groups excluding carboxylic acids is 2. The molecule has 1 saturated carbocycles. The highest BCUT2D eigenvalue weighted by Gasteiger charge is 2.62. The maximum absolute atomic E-state index is 14.3. The molecule has 8 nitrogen and oxygen atoms in total. The summed E-state index contributed by atoms with van der Waals surface area (Å²) >= 11 is 6.18. The molecule has 3 atom stereocenters. The lowest BCUT2D eigenvalue weighted by Gasteiger charge is -2.40. The highest BCUT2D eigenvalue weighted by atomic mass is 35.5. The summed E-state index contributed by atoms with van der Waals surface area (Å²) in [6.45, 7) is 2.08. The van der Waals surface area contributed by atoms with Crippen molar-refractivity contribution < 1.29 is 18.4 Å². The van der Waals surface area contributed by atoms with Crippen LogP contribution in [-0.2, 0) is 11.2 Å². The van der Waals surface area contributed by atoms with E-state index in [4.69, 9.17) is 17.3 Å². The van der Waals surface area contributed by atoms with Crippen molar-refractivity contribution in [2.45, 2.75) is 38.1 Å². The van der Waals surface area contributed by atoms with E-state index in [9.17, 15) is 18.4 Å². The molecule has 0 bridgehead atoms. The molecular weight excluding hydrogens is 478 g/mol. The topological polar surface area (TPSA) is 118 Å². The maximum Gasteiger partial charge on any atom is 0.272 e. The minimum absolute atomic E-state index is 0.0215. The molecule has 3 unspecified atom stereocenters. The first-order valence-corrected chi connectivity index (χ1v) is 11.6. The number of pyridine rings is 2. The van der Waals surface area contributed by atoms with Gasteiger partial charge >= 0.3 is 0 Å². The van der Waals surface area contributed by atoms with Crippen molar-refractivity contribution in [3.8, 4) is 11.3 Å². The molecule has 5 rings (SSSR count). The molecule has 2 aliphatic rings. The van der Waals surface area contributed by atoms with Gasteiger partial charge in [0.05, 0.1) is 28.8 Å². The van der Waals surface area contributed by atoms with Gasteiger partial charge in [0.15, 0.2) is 5.82 Å². The zero-order valence-electron chi connectivity index (χ0n) is 18.9. The van der Waals surface area contributed by atoms with Gasteiger partial charge in [-0.1, -0.05) is 11.6 Å². The van der Waals surface area contributed by atoms with E-state index < -0.39 is 23.1 Å². The molecule has 1 saturated heterocycles. The third kappa shape index (κ3) is 4.27. The quantitative estimate of drug-likeness (QED) is 0.556. The van der Waals surface area contributed by atoms with Crippen LogP contribution in [0.15, 0.2) is 30.6 Å². The van der Waals surface area contributed by atoms with E-state index in [0.29, 0.717) is 49.3 Å². The van der Waals surface area contributed by atoms with Gasteiger partial charge < -0.3 is 10.6 Å². The van der Waals surface area contributed by atoms with Gasteiger partial charge in [0.1, 0.15) is 11.5 Å². The molecule has 4 heterocycles. The van der Waals surface area contributed by atoms with Crippen LogP contribution in [0.1, 0.15) is 41.1 Å². The zero-order valence-corrected chi connectivity index (χ0v) is 19.6. The van der Waals surface area contributed by atoms with Gasteiger partial charge in [-0.2, -0.15) is 5.10 Å². The van der Waals surface area contributed by atoms with E-state index in [1.54, 1.807) is 17.9 Å². The number of aryl methyl sites for hydroxylation is 1. The molecular formula is C24H23ClF2N6O2. The Hall–Kier alpha value is -3.40. The lowest BCUT2D eigenvalue weighted by molar-refractivity contribution is -0.124. The Kier molecular flexibility index (Phi) is 5.79. The summed E-state index contributed by atoms with van der Waals surface area (Å²) < 4.78 is 27.7. The molecule has 182 valence electrons. The average Bonchev–Trinajstić information content (AvgIpc) is 3.25. The smallest absolute Gasteiger partial charge is 0.272 e. The molecule has 35 heavy (non-hydrogen) atoms. The van der Waals surface area contributed by atoms with Crippen LogP contribution in [0.25, 0.3) is 11.3 Å². The third-order valence-electron chi connectivity index (χ3n) is 7.09. The number of rotatable bonds is 5. The summed E-state index contributed by atoms with van der Waals surface area (Å²) in [6.07, 6.45) is 4.17. The average molecular weight is 501 g/mol. The van der Waals surface area contributed by atoms with E-state index in [0.717, 1.165) is 12.4 Å². The Labute approximate surface area is 204 Å². The fourth-order valence-corrected chi connectivity index (χ4v) is 5.41. The molecule has 11 heteroatoms. The standard InChI is InChI=1S/C24H23ClF2N6O2/c1-12-4-16(18(27)11-29-12)19-7-21(32-31-19)23(35)33-3-2-13(22(28)34)8-24(33)9-14(24)5-20-17(25)6-15(26)10-30-20/h4,6-7,10-11,13-14H,2-3,5,8-9H2,1H3,(H2,28,34)(H,31,32). The summed E-state index contributed by atoms with van der Waals surface area (Å²) in [5, 5.41) is 7.10. The van der Waals surface area contributed by atoms with Crippen LogP contribution in [0, 0.1) is 30.4 Å². The number of carbonyl (C=O) groups is 2. The number of nitrogens with two attached hydrogens (primary N) is 1. The SMILES string of the molecule is Cc1cc(-c2cc(C(=O)N3CCC(C(N)=O)CC34CC4Cc3ncc(F)cc3Cl)[nH]n2)c(F)cn1. The van der Waals surface area contributed by atoms with E-state index in [1.165, 1.54) is 12.1 Å². The first kappa shape index (κ1) is 23.3. The van der Waals surface area contributed by atoms with Gasteiger partial charge in [-0.25, -0.2) is 8.78 Å². The molecule has 3 aromatic rings. The van der Waals surface area contributed by atoms with Gasteiger partial charge in [0, 0.05) is 29.3 Å². The molecule has 1 spiro atoms. The van der Waals surface area contributed by atoms with Gasteiger partial charge in [-0.3, -0.25) is 24.7 Å². The van der Waals surface area contributed by atoms with Crippen molar-refractivity contribution in [2.75, 3.05) is 6.54 Å². The van der Waals surface area contributed by atoms with Crippen LogP contribution in [0.4, 0.5) is 8.78 Å². The van der Waals surface area contributed by atoms with Crippen LogP contribution in [-0.4, -0.2) is 49.0 Å². The second kappa shape index (κ2) is 8.67. The normalized spacial score (nSPS) is 23.5. The maximum atomic E-state index is 14.3. The number of amides is 2. The minimum atomic E-state index is -0.599. The Balaban J connectivity index is 1.42. The second-order valence-corrected chi connectivity index (χ2v) is 9.72. The van der Waals surface area contributed by atoms with Crippen molar-refractivity contribution in [2.24, 2.45) is 17.6 Å². The summed E-state index contributed by atoms with van der Waals surface area (Å²) in [6, 6.07) is 4.29. The number of aromatic nitrogens is 4. The molecule has 2 amide bonds. The molecule has 2 fully saturated rings. The summed E-state index contributed by atoms with van der Waals surface area (Å²) in [4.78, 5) is 35.3. The first-order chi connectivity index (χ1) is 16.7. The van der Waals surface area contributed by atoms with E-state index >= 15 is 0 Å². The Morgan fingerprint density at radius 3 is 2.77 bits per heavy atom. The summed E-state index contributed by atoms with van der Waals surface area (Å²) in [5.74, 6) is -2.13. The number of halogens is 3. The lowest BCUT2D eigenvalue weighted by atomic mass is 9.86. The first-order valence-electron chi connectivity index (χ1n) is 11.3.